The first-order chi connectivity index (χ1) is 8.24. The van der Waals surface area contributed by atoms with Gasteiger partial charge in [0.1, 0.15) is 0 Å². The topological polar surface area (TPSA) is 30.5 Å². The Labute approximate surface area is 107 Å². The molecule has 0 bridgehead atoms. The summed E-state index contributed by atoms with van der Waals surface area (Å²) in [5, 5.41) is 3.76. The van der Waals surface area contributed by atoms with Crippen LogP contribution in [0.25, 0.3) is 0 Å². The lowest BCUT2D eigenvalue weighted by atomic mass is 10.1. The lowest BCUT2D eigenvalue weighted by Gasteiger charge is -2.13. The zero-order valence-corrected chi connectivity index (χ0v) is 11.0. The summed E-state index contributed by atoms with van der Waals surface area (Å²) < 4.78 is 11.1. The molecule has 1 aliphatic rings. The van der Waals surface area contributed by atoms with Gasteiger partial charge in [-0.2, -0.15) is 0 Å². The predicted octanol–water partition coefficient (Wildman–Crippen LogP) is 2.65. The highest BCUT2D eigenvalue weighted by molar-refractivity contribution is 6.32. The minimum atomic E-state index is 0.324. The number of hydrogen-bond donors (Lipinski definition) is 1. The summed E-state index contributed by atoms with van der Waals surface area (Å²) in [6.07, 6.45) is 3.47. The summed E-state index contributed by atoms with van der Waals surface area (Å²) in [7, 11) is 3.58. The fraction of sp³-hybridized carbons (Fsp3) is 0.538. The van der Waals surface area contributed by atoms with Crippen LogP contribution in [0.3, 0.4) is 0 Å². The smallest absolute Gasteiger partial charge is 0.180 e. The number of hydrogen-bond acceptors (Lipinski definition) is 3. The molecule has 0 spiro atoms. The van der Waals surface area contributed by atoms with Crippen molar-refractivity contribution in [3.63, 3.8) is 0 Å². The fourth-order valence-corrected chi connectivity index (χ4v) is 1.93. The Morgan fingerprint density at radius 2 is 2.18 bits per heavy atom. The van der Waals surface area contributed by atoms with E-state index in [0.29, 0.717) is 16.9 Å². The van der Waals surface area contributed by atoms with Crippen molar-refractivity contribution >= 4 is 11.6 Å². The number of ether oxygens (including phenoxy) is 2. The molecule has 1 aromatic carbocycles. The van der Waals surface area contributed by atoms with Crippen molar-refractivity contribution in [3.05, 3.63) is 22.7 Å². The molecule has 0 aliphatic heterocycles. The minimum Gasteiger partial charge on any atom is -0.493 e. The summed E-state index contributed by atoms with van der Waals surface area (Å²) in [6, 6.07) is 3.96. The third kappa shape index (κ3) is 3.27. The van der Waals surface area contributed by atoms with E-state index in [0.717, 1.165) is 37.1 Å². The van der Waals surface area contributed by atoms with Crippen LogP contribution >= 0.6 is 11.6 Å². The molecule has 1 aliphatic carbocycles. The van der Waals surface area contributed by atoms with E-state index in [1.54, 1.807) is 7.11 Å². The van der Waals surface area contributed by atoms with Crippen LogP contribution < -0.4 is 14.8 Å². The van der Waals surface area contributed by atoms with E-state index in [2.05, 4.69) is 5.32 Å². The minimum absolute atomic E-state index is 0.324. The second-order valence-electron chi connectivity index (χ2n) is 4.28. The Morgan fingerprint density at radius 3 is 2.76 bits per heavy atom. The van der Waals surface area contributed by atoms with Gasteiger partial charge in [-0.25, -0.2) is 0 Å². The molecule has 3 nitrogen and oxygen atoms in total. The second kappa shape index (κ2) is 5.61. The van der Waals surface area contributed by atoms with Gasteiger partial charge in [-0.05, 0) is 50.6 Å². The average molecular weight is 256 g/mol. The van der Waals surface area contributed by atoms with Gasteiger partial charge in [0.15, 0.2) is 11.5 Å². The molecular formula is C13H18ClNO2. The van der Waals surface area contributed by atoms with Gasteiger partial charge in [-0.3, -0.25) is 0 Å². The van der Waals surface area contributed by atoms with Gasteiger partial charge in [-0.1, -0.05) is 11.6 Å². The highest BCUT2D eigenvalue weighted by Gasteiger charge is 2.26. The summed E-state index contributed by atoms with van der Waals surface area (Å²) in [6.45, 7) is 0.919. The van der Waals surface area contributed by atoms with Crippen LogP contribution in [0.4, 0.5) is 0 Å². The van der Waals surface area contributed by atoms with Crippen LogP contribution in [0, 0.1) is 0 Å². The molecular weight excluding hydrogens is 238 g/mol. The van der Waals surface area contributed by atoms with Crippen molar-refractivity contribution in [1.29, 1.82) is 0 Å². The van der Waals surface area contributed by atoms with Gasteiger partial charge >= 0.3 is 0 Å². The number of methoxy groups -OCH3 is 1. The van der Waals surface area contributed by atoms with Crippen molar-refractivity contribution in [1.82, 2.24) is 5.32 Å². The summed E-state index contributed by atoms with van der Waals surface area (Å²) in [5.41, 5.74) is 1.16. The number of benzene rings is 1. The molecule has 2 rings (SSSR count). The molecule has 0 aromatic heterocycles. The van der Waals surface area contributed by atoms with E-state index in [9.17, 15) is 0 Å². The maximum Gasteiger partial charge on any atom is 0.180 e. The highest BCUT2D eigenvalue weighted by Crippen LogP contribution is 2.40. The summed E-state index contributed by atoms with van der Waals surface area (Å²) >= 11 is 6.24. The molecule has 1 N–H and O–H groups in total. The van der Waals surface area contributed by atoms with Crippen LogP contribution in [0.5, 0.6) is 11.5 Å². The largest absolute Gasteiger partial charge is 0.493 e. The Kier molecular flexibility index (Phi) is 4.13. The molecule has 4 heteroatoms. The number of nitrogens with one attached hydrogen (secondary N) is 1. The van der Waals surface area contributed by atoms with Crippen LogP contribution in [0.15, 0.2) is 12.1 Å². The second-order valence-corrected chi connectivity index (χ2v) is 4.69. The molecule has 0 heterocycles. The molecule has 0 atom stereocenters. The van der Waals surface area contributed by atoms with Gasteiger partial charge in [0, 0.05) is 0 Å². The van der Waals surface area contributed by atoms with E-state index in [1.165, 1.54) is 0 Å². The molecule has 94 valence electrons. The van der Waals surface area contributed by atoms with Crippen molar-refractivity contribution in [2.75, 3.05) is 20.7 Å². The van der Waals surface area contributed by atoms with Crippen molar-refractivity contribution in [3.8, 4) is 11.5 Å². The fourth-order valence-electron chi connectivity index (χ4n) is 1.65. The SMILES string of the molecule is CNCCc1cc(Cl)c(OC2CC2)c(OC)c1. The van der Waals surface area contributed by atoms with Crippen LogP contribution in [-0.2, 0) is 6.42 Å². The number of halogens is 1. The first kappa shape index (κ1) is 12.5. The molecule has 0 unspecified atom stereocenters. The average Bonchev–Trinajstić information content (AvgIpc) is 3.13. The molecule has 0 radical (unpaired) electrons. The van der Waals surface area contributed by atoms with Gasteiger partial charge in [0.25, 0.3) is 0 Å². The number of rotatable bonds is 6. The molecule has 1 aromatic rings. The quantitative estimate of drug-likeness (QED) is 0.848. The first-order valence-electron chi connectivity index (χ1n) is 5.92. The van der Waals surface area contributed by atoms with Crippen LogP contribution in [0.2, 0.25) is 5.02 Å². The standard InChI is InChI=1S/C13H18ClNO2/c1-15-6-5-9-7-11(14)13(12(8-9)16-2)17-10-3-4-10/h7-8,10,15H,3-6H2,1-2H3. The van der Waals surface area contributed by atoms with Gasteiger partial charge in [0.2, 0.25) is 0 Å². The van der Waals surface area contributed by atoms with E-state index < -0.39 is 0 Å². The van der Waals surface area contributed by atoms with E-state index in [-0.39, 0.29) is 0 Å². The summed E-state index contributed by atoms with van der Waals surface area (Å²) in [5.74, 6) is 1.42. The van der Waals surface area contributed by atoms with Crippen molar-refractivity contribution in [2.45, 2.75) is 25.4 Å². The van der Waals surface area contributed by atoms with Crippen LogP contribution in [0.1, 0.15) is 18.4 Å². The molecule has 0 saturated heterocycles. The Hall–Kier alpha value is -0.930. The van der Waals surface area contributed by atoms with E-state index >= 15 is 0 Å². The molecule has 0 amide bonds. The highest BCUT2D eigenvalue weighted by atomic mass is 35.5. The predicted molar refractivity (Wildman–Crippen MR) is 69.3 cm³/mol. The Morgan fingerprint density at radius 1 is 1.41 bits per heavy atom. The zero-order valence-electron chi connectivity index (χ0n) is 10.3. The summed E-state index contributed by atoms with van der Waals surface area (Å²) in [4.78, 5) is 0. The molecule has 1 fully saturated rings. The van der Waals surface area contributed by atoms with E-state index in [1.807, 2.05) is 19.2 Å². The monoisotopic (exact) mass is 255 g/mol. The normalized spacial score (nSPS) is 14.8. The van der Waals surface area contributed by atoms with Gasteiger partial charge in [-0.15, -0.1) is 0 Å². The first-order valence-corrected chi connectivity index (χ1v) is 6.30. The molecule has 1 saturated carbocycles. The number of likely N-dealkylation sites (N-methyl/N-ethyl adjacent to an activating group) is 1. The Bertz CT molecular complexity index is 391. The lowest BCUT2D eigenvalue weighted by molar-refractivity contribution is 0.282. The lowest BCUT2D eigenvalue weighted by Crippen LogP contribution is -2.10. The van der Waals surface area contributed by atoms with Gasteiger partial charge < -0.3 is 14.8 Å². The van der Waals surface area contributed by atoms with Crippen LogP contribution in [-0.4, -0.2) is 26.8 Å². The maximum atomic E-state index is 6.24. The molecule has 17 heavy (non-hydrogen) atoms. The maximum absolute atomic E-state index is 6.24. The third-order valence-corrected chi connectivity index (χ3v) is 3.04. The zero-order chi connectivity index (χ0) is 12.3. The van der Waals surface area contributed by atoms with Gasteiger partial charge in [0.05, 0.1) is 18.2 Å². The van der Waals surface area contributed by atoms with Crippen molar-refractivity contribution < 1.29 is 9.47 Å². The third-order valence-electron chi connectivity index (χ3n) is 2.76. The van der Waals surface area contributed by atoms with Crippen molar-refractivity contribution in [2.24, 2.45) is 0 Å². The Balaban J connectivity index is 2.19. The van der Waals surface area contributed by atoms with E-state index in [4.69, 9.17) is 21.1 Å².